The number of halogens is 4. The summed E-state index contributed by atoms with van der Waals surface area (Å²) < 4.78 is 49.7. The summed E-state index contributed by atoms with van der Waals surface area (Å²) in [6.07, 6.45) is -4.61. The fraction of sp³-hybridized carbons (Fsp3) is 0.350. The Balaban J connectivity index is 1.92. The zero-order valence-corrected chi connectivity index (χ0v) is 17.0. The molecule has 2 rings (SSSR count). The molecule has 1 heterocycles. The molecule has 0 atom stereocenters. The Morgan fingerprint density at radius 2 is 1.97 bits per heavy atom. The summed E-state index contributed by atoms with van der Waals surface area (Å²) in [5.41, 5.74) is -0.474. The summed E-state index contributed by atoms with van der Waals surface area (Å²) in [7, 11) is 0. The third-order valence-electron chi connectivity index (χ3n) is 3.66. The molecule has 0 aliphatic rings. The first kappa shape index (κ1) is 23.3. The van der Waals surface area contributed by atoms with Crippen LogP contribution in [0.25, 0.3) is 0 Å². The number of alkyl halides is 3. The largest absolute Gasteiger partial charge is 0.477 e. The summed E-state index contributed by atoms with van der Waals surface area (Å²) in [4.78, 5) is 16.1. The lowest BCUT2D eigenvalue weighted by Crippen LogP contribution is -2.26. The van der Waals surface area contributed by atoms with Gasteiger partial charge in [-0.2, -0.15) is 23.4 Å². The fourth-order valence-corrected chi connectivity index (χ4v) is 2.54. The van der Waals surface area contributed by atoms with Crippen LogP contribution in [0.1, 0.15) is 41.8 Å². The molecule has 1 aromatic carbocycles. The van der Waals surface area contributed by atoms with Crippen molar-refractivity contribution in [3.05, 3.63) is 52.0 Å². The zero-order chi connectivity index (χ0) is 22.3. The van der Waals surface area contributed by atoms with Crippen molar-refractivity contribution in [2.24, 2.45) is 0 Å². The van der Waals surface area contributed by atoms with E-state index in [1.54, 1.807) is 13.8 Å². The maximum Gasteiger partial charge on any atom is 0.416 e. The van der Waals surface area contributed by atoms with Crippen LogP contribution in [0.15, 0.2) is 30.3 Å². The molecule has 30 heavy (non-hydrogen) atoms. The maximum atomic E-state index is 13.0. The van der Waals surface area contributed by atoms with E-state index in [0.29, 0.717) is 12.0 Å². The summed E-state index contributed by atoms with van der Waals surface area (Å²) in [5.74, 6) is -0.881. The Kier molecular flexibility index (Phi) is 7.89. The number of hydrogen-bond donors (Lipinski definition) is 1. The predicted molar refractivity (Wildman–Crippen MR) is 104 cm³/mol. The van der Waals surface area contributed by atoms with Crippen LogP contribution in [0.3, 0.4) is 0 Å². The Hall–Kier alpha value is -2.99. The molecule has 0 spiro atoms. The van der Waals surface area contributed by atoms with E-state index in [9.17, 15) is 18.0 Å². The van der Waals surface area contributed by atoms with Crippen LogP contribution in [0.2, 0.25) is 5.02 Å². The smallest absolute Gasteiger partial charge is 0.416 e. The average Bonchev–Trinajstić information content (AvgIpc) is 2.66. The van der Waals surface area contributed by atoms with Crippen LogP contribution in [0.4, 0.5) is 13.2 Å². The first-order chi connectivity index (χ1) is 14.1. The number of hydrogen-bond acceptors (Lipinski definition) is 5. The Morgan fingerprint density at radius 1 is 1.27 bits per heavy atom. The van der Waals surface area contributed by atoms with Crippen LogP contribution >= 0.6 is 11.6 Å². The van der Waals surface area contributed by atoms with Crippen molar-refractivity contribution in [1.82, 2.24) is 10.3 Å². The van der Waals surface area contributed by atoms with Gasteiger partial charge >= 0.3 is 6.18 Å². The lowest BCUT2D eigenvalue weighted by atomic mass is 10.1. The summed E-state index contributed by atoms with van der Waals surface area (Å²) in [6.45, 7) is 3.54. The summed E-state index contributed by atoms with van der Waals surface area (Å²) in [6, 6.07) is 7.84. The van der Waals surface area contributed by atoms with E-state index in [-0.39, 0.29) is 41.6 Å². The third kappa shape index (κ3) is 6.81. The number of pyridine rings is 1. The van der Waals surface area contributed by atoms with Crippen LogP contribution in [-0.2, 0) is 6.18 Å². The number of amides is 1. The maximum absolute atomic E-state index is 13.0. The lowest BCUT2D eigenvalue weighted by Gasteiger charge is -2.14. The predicted octanol–water partition coefficient (Wildman–Crippen LogP) is 4.61. The van der Waals surface area contributed by atoms with Gasteiger partial charge in [0, 0.05) is 18.7 Å². The van der Waals surface area contributed by atoms with E-state index in [4.69, 9.17) is 26.3 Å². The second-order valence-electron chi connectivity index (χ2n) is 6.46. The van der Waals surface area contributed by atoms with E-state index in [1.807, 2.05) is 6.07 Å². The van der Waals surface area contributed by atoms with Gasteiger partial charge in [-0.15, -0.1) is 0 Å². The van der Waals surface area contributed by atoms with Gasteiger partial charge in [-0.25, -0.2) is 0 Å². The van der Waals surface area contributed by atoms with Crippen molar-refractivity contribution < 1.29 is 27.4 Å². The first-order valence-corrected chi connectivity index (χ1v) is 9.34. The standard InChI is InChI=1S/C20H19ClF3N3O3/c1-12(2)30-18-10-14(20(22,23)24)9-17(27-18)29-7-3-6-26-19(28)15-8-13(11-25)4-5-16(15)21/h4-5,8-10,12H,3,6-7H2,1-2H3,(H,26,28). The van der Waals surface area contributed by atoms with E-state index in [2.05, 4.69) is 10.3 Å². The van der Waals surface area contributed by atoms with Gasteiger partial charge in [0.1, 0.15) is 0 Å². The average molecular weight is 442 g/mol. The highest BCUT2D eigenvalue weighted by Crippen LogP contribution is 2.33. The van der Waals surface area contributed by atoms with Gasteiger partial charge in [0.05, 0.1) is 40.5 Å². The van der Waals surface area contributed by atoms with Crippen molar-refractivity contribution in [2.75, 3.05) is 13.2 Å². The number of carbonyl (C=O) groups is 1. The molecular formula is C20H19ClF3N3O3. The SMILES string of the molecule is CC(C)Oc1cc(C(F)(F)F)cc(OCCCNC(=O)c2cc(C#N)ccc2Cl)n1. The molecule has 2 aromatic rings. The molecule has 0 radical (unpaired) electrons. The Bertz CT molecular complexity index is 943. The molecule has 10 heteroatoms. The molecule has 160 valence electrons. The van der Waals surface area contributed by atoms with Crippen LogP contribution in [0, 0.1) is 11.3 Å². The lowest BCUT2D eigenvalue weighted by molar-refractivity contribution is -0.137. The Morgan fingerprint density at radius 3 is 2.60 bits per heavy atom. The number of ether oxygens (including phenoxy) is 2. The quantitative estimate of drug-likeness (QED) is 0.605. The van der Waals surface area contributed by atoms with E-state index < -0.39 is 17.6 Å². The Labute approximate surface area is 176 Å². The topological polar surface area (TPSA) is 84.2 Å². The van der Waals surface area contributed by atoms with Crippen molar-refractivity contribution in [3.8, 4) is 17.8 Å². The minimum Gasteiger partial charge on any atom is -0.477 e. The van der Waals surface area contributed by atoms with E-state index in [0.717, 1.165) is 12.1 Å². The van der Waals surface area contributed by atoms with Gasteiger partial charge < -0.3 is 14.8 Å². The molecule has 0 aliphatic heterocycles. The van der Waals surface area contributed by atoms with Gasteiger partial charge in [-0.05, 0) is 38.5 Å². The fourth-order valence-electron chi connectivity index (χ4n) is 2.34. The highest BCUT2D eigenvalue weighted by molar-refractivity contribution is 6.33. The third-order valence-corrected chi connectivity index (χ3v) is 3.99. The molecule has 0 unspecified atom stereocenters. The monoisotopic (exact) mass is 441 g/mol. The summed E-state index contributed by atoms with van der Waals surface area (Å²) >= 11 is 5.96. The van der Waals surface area contributed by atoms with Gasteiger partial charge in [0.25, 0.3) is 5.91 Å². The number of benzene rings is 1. The van der Waals surface area contributed by atoms with Gasteiger partial charge in [-0.1, -0.05) is 11.6 Å². The molecule has 1 amide bonds. The summed E-state index contributed by atoms with van der Waals surface area (Å²) in [5, 5.41) is 11.7. The van der Waals surface area contributed by atoms with E-state index >= 15 is 0 Å². The normalized spacial score (nSPS) is 11.1. The highest BCUT2D eigenvalue weighted by atomic mass is 35.5. The molecule has 0 saturated heterocycles. The zero-order valence-electron chi connectivity index (χ0n) is 16.2. The molecule has 6 nitrogen and oxygen atoms in total. The second-order valence-corrected chi connectivity index (χ2v) is 6.87. The molecule has 1 N–H and O–H groups in total. The number of aromatic nitrogens is 1. The van der Waals surface area contributed by atoms with Crippen LogP contribution in [0.5, 0.6) is 11.8 Å². The molecule has 0 fully saturated rings. The van der Waals surface area contributed by atoms with Crippen LogP contribution < -0.4 is 14.8 Å². The second kappa shape index (κ2) is 10.2. The van der Waals surface area contributed by atoms with Crippen molar-refractivity contribution in [2.45, 2.75) is 32.5 Å². The van der Waals surface area contributed by atoms with Gasteiger partial charge in [-0.3, -0.25) is 4.79 Å². The molecule has 0 saturated carbocycles. The molecule has 0 bridgehead atoms. The minimum atomic E-state index is -4.57. The molecular weight excluding hydrogens is 423 g/mol. The van der Waals surface area contributed by atoms with Crippen molar-refractivity contribution in [1.29, 1.82) is 5.26 Å². The highest BCUT2D eigenvalue weighted by Gasteiger charge is 2.32. The number of rotatable bonds is 8. The first-order valence-electron chi connectivity index (χ1n) is 8.96. The minimum absolute atomic E-state index is 0.0156. The number of nitrogens with zero attached hydrogens (tertiary/aromatic N) is 2. The number of nitriles is 1. The van der Waals surface area contributed by atoms with Crippen molar-refractivity contribution in [3.63, 3.8) is 0 Å². The molecule has 0 aliphatic carbocycles. The number of nitrogens with one attached hydrogen (secondary N) is 1. The molecule has 1 aromatic heterocycles. The van der Waals surface area contributed by atoms with Crippen LogP contribution in [-0.4, -0.2) is 30.1 Å². The van der Waals surface area contributed by atoms with Gasteiger partial charge in [0.15, 0.2) is 0 Å². The van der Waals surface area contributed by atoms with Crippen molar-refractivity contribution >= 4 is 17.5 Å². The van der Waals surface area contributed by atoms with Gasteiger partial charge in [0.2, 0.25) is 11.8 Å². The van der Waals surface area contributed by atoms with E-state index in [1.165, 1.54) is 18.2 Å². The number of carbonyl (C=O) groups excluding carboxylic acids is 1.